The Balaban J connectivity index is 1.32. The molecule has 1 aliphatic heterocycles. The number of aromatic nitrogens is 3. The Morgan fingerprint density at radius 1 is 1.15 bits per heavy atom. The van der Waals surface area contributed by atoms with Crippen molar-refractivity contribution in [2.24, 2.45) is 16.7 Å². The van der Waals surface area contributed by atoms with Gasteiger partial charge in [0, 0.05) is 35.1 Å². The molecule has 0 aliphatic carbocycles. The molecule has 0 bridgehead atoms. The standard InChI is InChI=1S/C35H44ClFN4O5/c1-6-44-33(43)35(4,5)19-34(2,3)20-45-30-16-25-27(17-28(30)42)38-21-39-32(25)46-29-9-8-26-24(31(29)37)15-23(40-26)14-22-10-13-41(18-22)12-7-11-36/h8-9,15-17,21-22,40,42H,6-7,10-14,18-20H2,1-5H3. The minimum absolute atomic E-state index is 0.0315. The average Bonchev–Trinajstić information content (AvgIpc) is 3.63. The summed E-state index contributed by atoms with van der Waals surface area (Å²) in [5.41, 5.74) is 0.975. The third kappa shape index (κ3) is 7.83. The number of carbonyl (C=O) groups is 1. The number of hydrogen-bond acceptors (Lipinski definition) is 8. The van der Waals surface area contributed by atoms with Gasteiger partial charge in [-0.3, -0.25) is 4.79 Å². The number of H-pyrrole nitrogens is 1. The summed E-state index contributed by atoms with van der Waals surface area (Å²) in [5, 5.41) is 11.6. The van der Waals surface area contributed by atoms with Crippen molar-refractivity contribution in [2.45, 2.75) is 60.3 Å². The molecule has 11 heteroatoms. The third-order valence-corrected chi connectivity index (χ3v) is 8.76. The van der Waals surface area contributed by atoms with Gasteiger partial charge in [-0.2, -0.15) is 0 Å². The van der Waals surface area contributed by atoms with E-state index in [1.165, 1.54) is 12.4 Å². The molecular weight excluding hydrogens is 611 g/mol. The molecule has 2 N–H and O–H groups in total. The number of nitrogens with zero attached hydrogens (tertiary/aromatic N) is 3. The molecule has 2 aromatic heterocycles. The number of fused-ring (bicyclic) bond motifs is 2. The minimum atomic E-state index is -0.712. The lowest BCUT2D eigenvalue weighted by molar-refractivity contribution is -0.155. The molecule has 46 heavy (non-hydrogen) atoms. The van der Waals surface area contributed by atoms with Gasteiger partial charge in [-0.05, 0) is 95.1 Å². The number of rotatable bonds is 14. The number of likely N-dealkylation sites (tertiary alicyclic amines) is 1. The Labute approximate surface area is 274 Å². The van der Waals surface area contributed by atoms with Crippen LogP contribution >= 0.6 is 11.6 Å². The molecule has 1 unspecified atom stereocenters. The van der Waals surface area contributed by atoms with Crippen LogP contribution in [0.25, 0.3) is 21.8 Å². The van der Waals surface area contributed by atoms with Gasteiger partial charge in [0.25, 0.3) is 0 Å². The first-order valence-electron chi connectivity index (χ1n) is 15.9. The number of nitrogens with one attached hydrogen (secondary N) is 1. The van der Waals surface area contributed by atoms with E-state index in [9.17, 15) is 9.90 Å². The third-order valence-electron chi connectivity index (χ3n) is 8.50. The van der Waals surface area contributed by atoms with Crippen molar-refractivity contribution in [3.05, 3.63) is 48.2 Å². The van der Waals surface area contributed by atoms with E-state index in [0.717, 1.165) is 44.6 Å². The van der Waals surface area contributed by atoms with E-state index in [-0.39, 0.29) is 35.7 Å². The second-order valence-electron chi connectivity index (χ2n) is 13.7. The first-order chi connectivity index (χ1) is 21.9. The lowest BCUT2D eigenvalue weighted by Crippen LogP contribution is -2.35. The Hall–Kier alpha value is -3.63. The first-order valence-corrected chi connectivity index (χ1v) is 16.5. The Morgan fingerprint density at radius 2 is 1.96 bits per heavy atom. The highest BCUT2D eigenvalue weighted by Crippen LogP contribution is 2.40. The Morgan fingerprint density at radius 3 is 2.72 bits per heavy atom. The van der Waals surface area contributed by atoms with Crippen LogP contribution < -0.4 is 9.47 Å². The molecule has 0 saturated carbocycles. The Bertz CT molecular complexity index is 1690. The number of esters is 1. The van der Waals surface area contributed by atoms with Gasteiger partial charge < -0.3 is 29.2 Å². The highest BCUT2D eigenvalue weighted by atomic mass is 35.5. The zero-order valence-corrected chi connectivity index (χ0v) is 28.0. The summed E-state index contributed by atoms with van der Waals surface area (Å²) in [5.74, 6) is 0.698. The summed E-state index contributed by atoms with van der Waals surface area (Å²) < 4.78 is 33.1. The fourth-order valence-electron chi connectivity index (χ4n) is 6.54. The number of phenolic OH excluding ortho intramolecular Hbond substituents is 1. The molecule has 1 fully saturated rings. The van der Waals surface area contributed by atoms with Crippen LogP contribution in [0.5, 0.6) is 23.1 Å². The van der Waals surface area contributed by atoms with E-state index in [4.69, 9.17) is 25.8 Å². The number of hydrogen-bond donors (Lipinski definition) is 2. The van der Waals surface area contributed by atoms with Gasteiger partial charge >= 0.3 is 5.97 Å². The van der Waals surface area contributed by atoms with Gasteiger partial charge in [-0.1, -0.05) is 13.8 Å². The molecule has 1 atom stereocenters. The van der Waals surface area contributed by atoms with E-state index >= 15 is 4.39 Å². The zero-order chi connectivity index (χ0) is 33.1. The van der Waals surface area contributed by atoms with Gasteiger partial charge in [-0.15, -0.1) is 11.6 Å². The number of carbonyl (C=O) groups excluding carboxylic acids is 1. The molecule has 2 aromatic carbocycles. The fraction of sp³-hybridized carbons (Fsp3) is 0.514. The predicted octanol–water partition coefficient (Wildman–Crippen LogP) is 7.63. The lowest BCUT2D eigenvalue weighted by atomic mass is 9.75. The monoisotopic (exact) mass is 654 g/mol. The number of halogens is 2. The van der Waals surface area contributed by atoms with Gasteiger partial charge in [0.15, 0.2) is 23.1 Å². The number of alkyl halides is 1. The quantitative estimate of drug-likeness (QED) is 0.106. The van der Waals surface area contributed by atoms with Crippen molar-refractivity contribution >= 4 is 39.4 Å². The molecule has 9 nitrogen and oxygen atoms in total. The largest absolute Gasteiger partial charge is 0.504 e. The predicted molar refractivity (Wildman–Crippen MR) is 177 cm³/mol. The molecule has 0 radical (unpaired) electrons. The van der Waals surface area contributed by atoms with E-state index in [1.807, 2.05) is 39.8 Å². The molecule has 1 aliphatic rings. The second kappa shape index (κ2) is 14.0. The Kier molecular flexibility index (Phi) is 10.3. The van der Waals surface area contributed by atoms with E-state index < -0.39 is 16.6 Å². The smallest absolute Gasteiger partial charge is 0.311 e. The van der Waals surface area contributed by atoms with Crippen LogP contribution in [-0.2, 0) is 16.0 Å². The van der Waals surface area contributed by atoms with Gasteiger partial charge in [-0.25, -0.2) is 14.4 Å². The van der Waals surface area contributed by atoms with Crippen LogP contribution in [0.4, 0.5) is 4.39 Å². The van der Waals surface area contributed by atoms with Crippen molar-refractivity contribution in [3.63, 3.8) is 0 Å². The summed E-state index contributed by atoms with van der Waals surface area (Å²) in [6.07, 6.45) is 4.75. The van der Waals surface area contributed by atoms with Crippen molar-refractivity contribution in [1.82, 2.24) is 19.9 Å². The maximum absolute atomic E-state index is 15.8. The maximum atomic E-state index is 15.8. The van der Waals surface area contributed by atoms with Crippen LogP contribution in [-0.4, -0.2) is 69.7 Å². The second-order valence-corrected chi connectivity index (χ2v) is 14.1. The van der Waals surface area contributed by atoms with Crippen LogP contribution in [0.15, 0.2) is 36.7 Å². The summed E-state index contributed by atoms with van der Waals surface area (Å²) in [4.78, 5) is 26.8. The molecule has 1 saturated heterocycles. The zero-order valence-electron chi connectivity index (χ0n) is 27.3. The maximum Gasteiger partial charge on any atom is 0.311 e. The number of benzene rings is 2. The SMILES string of the molecule is CCOC(=O)C(C)(C)CC(C)(C)COc1cc2c(Oc3ccc4[nH]c(CC5CCN(CCCCl)C5)cc4c3F)ncnc2cc1O. The summed E-state index contributed by atoms with van der Waals surface area (Å²) >= 11 is 5.86. The van der Waals surface area contributed by atoms with Crippen molar-refractivity contribution in [3.8, 4) is 23.1 Å². The molecular formula is C35H44ClFN4O5. The highest BCUT2D eigenvalue weighted by Gasteiger charge is 2.36. The van der Waals surface area contributed by atoms with E-state index in [1.54, 1.807) is 19.1 Å². The summed E-state index contributed by atoms with van der Waals surface area (Å²) in [6.45, 7) is 13.1. The molecule has 0 amide bonds. The minimum Gasteiger partial charge on any atom is -0.504 e. The number of ether oxygens (including phenoxy) is 3. The highest BCUT2D eigenvalue weighted by molar-refractivity contribution is 6.17. The van der Waals surface area contributed by atoms with Gasteiger partial charge in [0.2, 0.25) is 5.88 Å². The van der Waals surface area contributed by atoms with Crippen LogP contribution in [0.1, 0.15) is 59.6 Å². The lowest BCUT2D eigenvalue weighted by Gasteiger charge is -2.33. The van der Waals surface area contributed by atoms with Crippen LogP contribution in [0.2, 0.25) is 0 Å². The molecule has 3 heterocycles. The van der Waals surface area contributed by atoms with Crippen LogP contribution in [0, 0.1) is 22.6 Å². The number of aromatic amines is 1. The van der Waals surface area contributed by atoms with Crippen molar-refractivity contribution in [2.75, 3.05) is 38.7 Å². The summed E-state index contributed by atoms with van der Waals surface area (Å²) in [6, 6.07) is 8.32. The molecule has 0 spiro atoms. The topological polar surface area (TPSA) is 110 Å². The van der Waals surface area contributed by atoms with E-state index in [0.29, 0.717) is 46.6 Å². The fourth-order valence-corrected chi connectivity index (χ4v) is 6.66. The number of phenols is 1. The van der Waals surface area contributed by atoms with Gasteiger partial charge in [0.1, 0.15) is 6.33 Å². The van der Waals surface area contributed by atoms with Crippen molar-refractivity contribution in [1.29, 1.82) is 0 Å². The molecule has 5 rings (SSSR count). The van der Waals surface area contributed by atoms with E-state index in [2.05, 4.69) is 19.9 Å². The van der Waals surface area contributed by atoms with Crippen LogP contribution in [0.3, 0.4) is 0 Å². The normalized spacial score (nSPS) is 15.9. The number of aromatic hydroxyl groups is 1. The average molecular weight is 655 g/mol. The molecule has 4 aromatic rings. The summed E-state index contributed by atoms with van der Waals surface area (Å²) in [7, 11) is 0. The van der Waals surface area contributed by atoms with Crippen molar-refractivity contribution < 1.29 is 28.5 Å². The van der Waals surface area contributed by atoms with Gasteiger partial charge in [0.05, 0.1) is 29.5 Å². The first kappa shape index (κ1) is 33.7. The molecule has 248 valence electrons.